The minimum atomic E-state index is -0.757. The molecular formula is C10H6ClN3O. The van der Waals surface area contributed by atoms with Crippen molar-refractivity contribution in [3.8, 4) is 6.07 Å². The van der Waals surface area contributed by atoms with E-state index in [1.807, 2.05) is 18.2 Å². The van der Waals surface area contributed by atoms with Crippen LogP contribution >= 0.6 is 11.6 Å². The molecule has 0 aromatic heterocycles. The molecule has 0 radical (unpaired) electrons. The molecule has 0 spiro atoms. The molecule has 1 aromatic carbocycles. The van der Waals surface area contributed by atoms with Crippen LogP contribution < -0.4 is 0 Å². The highest BCUT2D eigenvalue weighted by atomic mass is 35.5. The summed E-state index contributed by atoms with van der Waals surface area (Å²) < 4.78 is 0. The Bertz CT molecular complexity index is 478. The minimum Gasteiger partial charge on any atom is -0.253 e. The third kappa shape index (κ3) is 1.58. The van der Waals surface area contributed by atoms with Gasteiger partial charge >= 0.3 is 5.37 Å². The lowest BCUT2D eigenvalue weighted by atomic mass is 10.0. The normalized spacial score (nSPS) is 18.1. The van der Waals surface area contributed by atoms with Gasteiger partial charge in [0.05, 0.1) is 12.3 Å². The summed E-state index contributed by atoms with van der Waals surface area (Å²) in [5.41, 5.74) is 1.57. The van der Waals surface area contributed by atoms with Crippen LogP contribution in [-0.4, -0.2) is 16.6 Å². The van der Waals surface area contributed by atoms with Crippen molar-refractivity contribution in [1.82, 2.24) is 5.01 Å². The fraction of sp³-hybridized carbons (Fsp3) is 0.100. The zero-order chi connectivity index (χ0) is 10.8. The van der Waals surface area contributed by atoms with Gasteiger partial charge in [0.2, 0.25) is 0 Å². The van der Waals surface area contributed by atoms with E-state index in [0.29, 0.717) is 0 Å². The topological polar surface area (TPSA) is 56.5 Å². The molecule has 1 heterocycles. The molecule has 1 aliphatic rings. The highest BCUT2D eigenvalue weighted by Gasteiger charge is 2.28. The van der Waals surface area contributed by atoms with Crippen molar-refractivity contribution in [1.29, 1.82) is 5.26 Å². The standard InChI is InChI=1S/C10H6ClN3O/c11-10(15)14-9(5-12)8-4-2-1-3-7(8)6-13-14/h1-4,6,9H. The molecule has 0 aliphatic carbocycles. The van der Waals surface area contributed by atoms with Crippen molar-refractivity contribution >= 4 is 23.2 Å². The van der Waals surface area contributed by atoms with Crippen molar-refractivity contribution in [2.24, 2.45) is 5.10 Å². The molecule has 74 valence electrons. The molecule has 4 nitrogen and oxygen atoms in total. The van der Waals surface area contributed by atoms with Crippen LogP contribution in [0.15, 0.2) is 29.4 Å². The van der Waals surface area contributed by atoms with Gasteiger partial charge in [-0.1, -0.05) is 24.3 Å². The number of rotatable bonds is 0. The van der Waals surface area contributed by atoms with Crippen LogP contribution in [0.3, 0.4) is 0 Å². The Kier molecular flexibility index (Phi) is 2.40. The Hall–Kier alpha value is -1.86. The van der Waals surface area contributed by atoms with E-state index in [1.165, 1.54) is 6.21 Å². The second kappa shape index (κ2) is 3.71. The minimum absolute atomic E-state index is 0.740. The highest BCUT2D eigenvalue weighted by Crippen LogP contribution is 2.27. The first kappa shape index (κ1) is 9.69. The van der Waals surface area contributed by atoms with Crippen molar-refractivity contribution in [2.45, 2.75) is 6.04 Å². The number of carbonyl (C=O) groups is 1. The maximum atomic E-state index is 11.0. The van der Waals surface area contributed by atoms with Crippen molar-refractivity contribution in [2.75, 3.05) is 0 Å². The number of carbonyl (C=O) groups excluding carboxylic acids is 1. The Balaban J connectivity index is 2.52. The summed E-state index contributed by atoms with van der Waals surface area (Å²) in [4.78, 5) is 11.0. The van der Waals surface area contributed by atoms with E-state index < -0.39 is 11.4 Å². The van der Waals surface area contributed by atoms with Gasteiger partial charge in [-0.3, -0.25) is 4.79 Å². The molecule has 0 N–H and O–H groups in total. The summed E-state index contributed by atoms with van der Waals surface area (Å²) >= 11 is 5.32. The SMILES string of the molecule is N#CC1c2ccccc2C=NN1C(=O)Cl. The molecule has 1 unspecified atom stereocenters. The first-order valence-corrected chi connectivity index (χ1v) is 4.63. The van der Waals surface area contributed by atoms with Gasteiger partial charge in [0.25, 0.3) is 0 Å². The fourth-order valence-electron chi connectivity index (χ4n) is 1.47. The zero-order valence-corrected chi connectivity index (χ0v) is 8.35. The number of nitriles is 1. The molecule has 15 heavy (non-hydrogen) atoms. The largest absolute Gasteiger partial charge is 0.338 e. The molecular weight excluding hydrogens is 214 g/mol. The summed E-state index contributed by atoms with van der Waals surface area (Å²) in [5.74, 6) is 0. The molecule has 5 heteroatoms. The third-order valence-electron chi connectivity index (χ3n) is 2.16. The molecule has 1 atom stereocenters. The number of benzene rings is 1. The number of amides is 1. The van der Waals surface area contributed by atoms with E-state index >= 15 is 0 Å². The molecule has 0 saturated heterocycles. The van der Waals surface area contributed by atoms with Gasteiger partial charge in [0.15, 0.2) is 6.04 Å². The van der Waals surface area contributed by atoms with Crippen LogP contribution in [0.1, 0.15) is 17.2 Å². The maximum Gasteiger partial charge on any atom is 0.338 e. The second-order valence-electron chi connectivity index (χ2n) is 3.00. The van der Waals surface area contributed by atoms with E-state index in [4.69, 9.17) is 16.9 Å². The molecule has 0 fully saturated rings. The zero-order valence-electron chi connectivity index (χ0n) is 7.59. The summed E-state index contributed by atoms with van der Waals surface area (Å²) in [6.07, 6.45) is 1.52. The monoisotopic (exact) mass is 219 g/mol. The van der Waals surface area contributed by atoms with Gasteiger partial charge in [-0.15, -0.1) is 0 Å². The Morgan fingerprint density at radius 1 is 1.53 bits per heavy atom. The lowest BCUT2D eigenvalue weighted by Crippen LogP contribution is -2.28. The lowest BCUT2D eigenvalue weighted by Gasteiger charge is -2.24. The Labute approximate surface area is 91.4 Å². The summed E-state index contributed by atoms with van der Waals surface area (Å²) in [6, 6.07) is 8.52. The smallest absolute Gasteiger partial charge is 0.253 e. The van der Waals surface area contributed by atoms with Crippen LogP contribution in [0, 0.1) is 11.3 Å². The van der Waals surface area contributed by atoms with E-state index in [0.717, 1.165) is 16.1 Å². The van der Waals surface area contributed by atoms with Gasteiger partial charge in [-0.2, -0.15) is 15.4 Å². The summed E-state index contributed by atoms with van der Waals surface area (Å²) in [5, 5.41) is 13.0. The number of nitrogens with zero attached hydrogens (tertiary/aromatic N) is 3. The van der Waals surface area contributed by atoms with E-state index in [-0.39, 0.29) is 0 Å². The number of hydrogen-bond donors (Lipinski definition) is 0. The van der Waals surface area contributed by atoms with Gasteiger partial charge in [0, 0.05) is 5.56 Å². The third-order valence-corrected chi connectivity index (χ3v) is 2.33. The quantitative estimate of drug-likeness (QED) is 0.496. The van der Waals surface area contributed by atoms with Crippen LogP contribution in [-0.2, 0) is 0 Å². The van der Waals surface area contributed by atoms with E-state index in [9.17, 15) is 4.79 Å². The van der Waals surface area contributed by atoms with Crippen molar-refractivity contribution in [3.05, 3.63) is 35.4 Å². The Morgan fingerprint density at radius 2 is 2.27 bits per heavy atom. The van der Waals surface area contributed by atoms with Crippen molar-refractivity contribution < 1.29 is 4.79 Å². The first-order chi connectivity index (χ1) is 7.24. The number of halogens is 1. The average Bonchev–Trinajstić information content (AvgIpc) is 2.27. The first-order valence-electron chi connectivity index (χ1n) is 4.25. The Morgan fingerprint density at radius 3 is 2.93 bits per heavy atom. The van der Waals surface area contributed by atoms with Crippen LogP contribution in [0.2, 0.25) is 0 Å². The van der Waals surface area contributed by atoms with Crippen LogP contribution in [0.4, 0.5) is 4.79 Å². The molecule has 2 rings (SSSR count). The predicted molar refractivity (Wildman–Crippen MR) is 55.5 cm³/mol. The van der Waals surface area contributed by atoms with Crippen LogP contribution in [0.5, 0.6) is 0 Å². The molecule has 1 amide bonds. The fourth-order valence-corrected chi connectivity index (χ4v) is 1.61. The highest BCUT2D eigenvalue weighted by molar-refractivity contribution is 6.62. The molecule has 1 aromatic rings. The van der Waals surface area contributed by atoms with Crippen LogP contribution in [0.25, 0.3) is 0 Å². The summed E-state index contributed by atoms with van der Waals surface area (Å²) in [7, 11) is 0. The summed E-state index contributed by atoms with van der Waals surface area (Å²) in [6.45, 7) is 0. The van der Waals surface area contributed by atoms with Gasteiger partial charge in [-0.25, -0.2) is 0 Å². The lowest BCUT2D eigenvalue weighted by molar-refractivity contribution is 0.213. The van der Waals surface area contributed by atoms with Gasteiger partial charge in [-0.05, 0) is 17.2 Å². The number of hydrogen-bond acceptors (Lipinski definition) is 3. The second-order valence-corrected chi connectivity index (χ2v) is 3.33. The van der Waals surface area contributed by atoms with Gasteiger partial charge in [0.1, 0.15) is 0 Å². The maximum absolute atomic E-state index is 11.0. The molecule has 0 bridgehead atoms. The van der Waals surface area contributed by atoms with Gasteiger partial charge < -0.3 is 0 Å². The van der Waals surface area contributed by atoms with Crippen molar-refractivity contribution in [3.63, 3.8) is 0 Å². The molecule has 1 aliphatic heterocycles. The van der Waals surface area contributed by atoms with E-state index in [2.05, 4.69) is 5.10 Å². The predicted octanol–water partition coefficient (Wildman–Crippen LogP) is 2.26. The number of hydrazone groups is 1. The number of fused-ring (bicyclic) bond motifs is 1. The molecule has 0 saturated carbocycles. The van der Waals surface area contributed by atoms with E-state index in [1.54, 1.807) is 12.1 Å². The average molecular weight is 220 g/mol.